The van der Waals surface area contributed by atoms with E-state index in [9.17, 15) is 31.5 Å². The highest BCUT2D eigenvalue weighted by Crippen LogP contribution is 2.55. The molecular formula is C23H24F5N3O4. The molecule has 3 N–H and O–H groups in total. The third-order valence-electron chi connectivity index (χ3n) is 6.00. The Hall–Kier alpha value is -3.28. The smallest absolute Gasteiger partial charge is 0.417 e. The van der Waals surface area contributed by atoms with E-state index in [4.69, 9.17) is 15.2 Å². The van der Waals surface area contributed by atoms with Crippen molar-refractivity contribution in [3.8, 4) is 5.75 Å². The molecule has 0 radical (unpaired) electrons. The van der Waals surface area contributed by atoms with E-state index in [1.165, 1.54) is 33.0 Å². The second-order valence-electron chi connectivity index (χ2n) is 8.69. The minimum absolute atomic E-state index is 0.0263. The summed E-state index contributed by atoms with van der Waals surface area (Å²) in [6, 6.07) is 4.28. The molecule has 0 saturated carbocycles. The van der Waals surface area contributed by atoms with Crippen molar-refractivity contribution in [2.75, 3.05) is 5.32 Å². The highest BCUT2D eigenvalue weighted by atomic mass is 19.4. The number of carbonyl (C=O) groups is 2. The summed E-state index contributed by atoms with van der Waals surface area (Å²) in [5, 5.41) is 2.39. The maximum atomic E-state index is 14.7. The van der Waals surface area contributed by atoms with Crippen molar-refractivity contribution in [3.63, 3.8) is 0 Å². The Labute approximate surface area is 197 Å². The number of hydrogen-bond acceptors (Lipinski definition) is 5. The molecule has 1 aromatic heterocycles. The van der Waals surface area contributed by atoms with Gasteiger partial charge in [0.1, 0.15) is 11.8 Å². The lowest BCUT2D eigenvalue weighted by atomic mass is 9.77. The molecule has 3 rings (SSSR count). The van der Waals surface area contributed by atoms with Crippen LogP contribution in [-0.4, -0.2) is 40.8 Å². The van der Waals surface area contributed by atoms with Crippen molar-refractivity contribution in [1.29, 1.82) is 0 Å². The first-order valence-electron chi connectivity index (χ1n) is 10.6. The van der Waals surface area contributed by atoms with E-state index in [-0.39, 0.29) is 16.9 Å². The molecule has 0 unspecified atom stereocenters. The van der Waals surface area contributed by atoms with E-state index in [2.05, 4.69) is 10.3 Å². The summed E-state index contributed by atoms with van der Waals surface area (Å²) < 4.78 is 81.6. The standard InChI is InChI=1S/C23H24F5N3O4/c1-10(2)34-18-13(5-6-14(24)17(18)25)16-11(3)22(4,23(26,27)28)35-19(16)21(33)31-12-7-8-30-15(9-12)20(29)32/h5-11,16,19H,1-4H3,(H2,29,32)(H,30,31,33)/t11-,16-,19-,22+/m1/s1. The first kappa shape index (κ1) is 26.3. The van der Waals surface area contributed by atoms with Gasteiger partial charge in [-0.3, -0.25) is 14.6 Å². The summed E-state index contributed by atoms with van der Waals surface area (Å²) in [4.78, 5) is 28.3. The number of hydrogen-bond donors (Lipinski definition) is 2. The molecule has 1 aliphatic heterocycles. The van der Waals surface area contributed by atoms with Gasteiger partial charge < -0.3 is 20.5 Å². The van der Waals surface area contributed by atoms with Gasteiger partial charge in [0.15, 0.2) is 17.2 Å². The van der Waals surface area contributed by atoms with Gasteiger partial charge in [-0.2, -0.15) is 17.6 Å². The SMILES string of the molecule is CC(C)Oc1c([C@H]2[C@@H](C)[C@@](C)(C(F)(F)F)O[C@H]2C(=O)Nc2ccnc(C(N)=O)c2)ccc(F)c1F. The van der Waals surface area contributed by atoms with E-state index in [0.29, 0.717) is 0 Å². The first-order chi connectivity index (χ1) is 16.2. The van der Waals surface area contributed by atoms with Crippen LogP contribution in [0.5, 0.6) is 5.75 Å². The molecule has 1 saturated heterocycles. The largest absolute Gasteiger partial charge is 0.488 e. The number of anilines is 1. The molecule has 0 aliphatic carbocycles. The van der Waals surface area contributed by atoms with E-state index in [1.54, 1.807) is 0 Å². The van der Waals surface area contributed by atoms with Crippen molar-refractivity contribution in [2.45, 2.75) is 57.6 Å². The van der Waals surface area contributed by atoms with Crippen LogP contribution in [0.15, 0.2) is 30.5 Å². The Morgan fingerprint density at radius 2 is 1.89 bits per heavy atom. The summed E-state index contributed by atoms with van der Waals surface area (Å²) >= 11 is 0. The van der Waals surface area contributed by atoms with Crippen LogP contribution in [0.25, 0.3) is 0 Å². The predicted molar refractivity (Wildman–Crippen MR) is 115 cm³/mol. The summed E-state index contributed by atoms with van der Waals surface area (Å²) in [6.07, 6.45) is -6.14. The molecule has 7 nitrogen and oxygen atoms in total. The summed E-state index contributed by atoms with van der Waals surface area (Å²) in [5.74, 6) is -7.90. The van der Waals surface area contributed by atoms with Crippen LogP contribution in [0.2, 0.25) is 0 Å². The molecule has 12 heteroatoms. The molecule has 4 atom stereocenters. The number of nitrogens with two attached hydrogens (primary N) is 1. The van der Waals surface area contributed by atoms with Crippen molar-refractivity contribution < 1.29 is 41.0 Å². The molecule has 1 aliphatic rings. The maximum Gasteiger partial charge on any atom is 0.417 e. The number of primary amides is 1. The Morgan fingerprint density at radius 1 is 1.23 bits per heavy atom. The maximum absolute atomic E-state index is 14.7. The van der Waals surface area contributed by atoms with Crippen LogP contribution >= 0.6 is 0 Å². The average Bonchev–Trinajstić information content (AvgIpc) is 3.04. The van der Waals surface area contributed by atoms with Gasteiger partial charge in [0.2, 0.25) is 5.82 Å². The fraction of sp³-hybridized carbons (Fsp3) is 0.435. The third-order valence-corrected chi connectivity index (χ3v) is 6.00. The van der Waals surface area contributed by atoms with Gasteiger partial charge in [0.25, 0.3) is 11.8 Å². The Balaban J connectivity index is 2.10. The van der Waals surface area contributed by atoms with Crippen LogP contribution < -0.4 is 15.8 Å². The normalized spacial score (nSPS) is 24.5. The number of aromatic nitrogens is 1. The van der Waals surface area contributed by atoms with Crippen molar-refractivity contribution >= 4 is 17.5 Å². The topological polar surface area (TPSA) is 104 Å². The number of nitrogens with one attached hydrogen (secondary N) is 1. The number of halogens is 5. The van der Waals surface area contributed by atoms with Gasteiger partial charge in [-0.05, 0) is 39.0 Å². The van der Waals surface area contributed by atoms with Gasteiger partial charge in [-0.15, -0.1) is 0 Å². The summed E-state index contributed by atoms with van der Waals surface area (Å²) in [7, 11) is 0. The Bertz CT molecular complexity index is 1140. The van der Waals surface area contributed by atoms with Crippen molar-refractivity contribution in [3.05, 3.63) is 53.4 Å². The third kappa shape index (κ3) is 4.93. The lowest BCUT2D eigenvalue weighted by molar-refractivity contribution is -0.272. The van der Waals surface area contributed by atoms with Gasteiger partial charge in [0.05, 0.1) is 6.10 Å². The monoisotopic (exact) mass is 501 g/mol. The molecular weight excluding hydrogens is 477 g/mol. The molecule has 0 spiro atoms. The minimum atomic E-state index is -4.90. The van der Waals surface area contributed by atoms with Gasteiger partial charge in [0, 0.05) is 29.3 Å². The van der Waals surface area contributed by atoms with Gasteiger partial charge in [-0.25, -0.2) is 4.39 Å². The lowest BCUT2D eigenvalue weighted by Gasteiger charge is -2.32. The molecule has 1 fully saturated rings. The number of carbonyl (C=O) groups excluding carboxylic acids is 2. The average molecular weight is 501 g/mol. The number of amides is 2. The quantitative estimate of drug-likeness (QED) is 0.574. The molecule has 2 heterocycles. The number of rotatable bonds is 6. The number of nitrogens with zero attached hydrogens (tertiary/aromatic N) is 1. The second kappa shape index (κ2) is 9.40. The van der Waals surface area contributed by atoms with E-state index >= 15 is 0 Å². The van der Waals surface area contributed by atoms with Crippen molar-refractivity contribution in [1.82, 2.24) is 4.98 Å². The number of ether oxygens (including phenoxy) is 2. The van der Waals surface area contributed by atoms with E-state index in [0.717, 1.165) is 25.1 Å². The number of pyridine rings is 1. The Kier molecular flexibility index (Phi) is 7.07. The van der Waals surface area contributed by atoms with Gasteiger partial charge in [-0.1, -0.05) is 13.0 Å². The van der Waals surface area contributed by atoms with Crippen molar-refractivity contribution in [2.24, 2.45) is 11.7 Å². The molecule has 35 heavy (non-hydrogen) atoms. The summed E-state index contributed by atoms with van der Waals surface area (Å²) in [6.45, 7) is 5.07. The molecule has 0 bridgehead atoms. The highest BCUT2D eigenvalue weighted by molar-refractivity contribution is 5.97. The van der Waals surface area contributed by atoms with Gasteiger partial charge >= 0.3 is 6.18 Å². The molecule has 2 aromatic rings. The second-order valence-corrected chi connectivity index (χ2v) is 8.69. The first-order valence-corrected chi connectivity index (χ1v) is 10.6. The number of alkyl halides is 3. The van der Waals surface area contributed by atoms with Crippen LogP contribution in [0, 0.1) is 17.6 Å². The molecule has 2 amide bonds. The highest BCUT2D eigenvalue weighted by Gasteiger charge is 2.66. The zero-order valence-electron chi connectivity index (χ0n) is 19.2. The predicted octanol–water partition coefficient (Wildman–Crippen LogP) is 4.32. The molecule has 190 valence electrons. The minimum Gasteiger partial charge on any atom is -0.488 e. The fourth-order valence-corrected chi connectivity index (χ4v) is 4.04. The van der Waals surface area contributed by atoms with Crippen LogP contribution in [0.1, 0.15) is 49.7 Å². The van der Waals surface area contributed by atoms with Crippen LogP contribution in [-0.2, 0) is 9.53 Å². The fourth-order valence-electron chi connectivity index (χ4n) is 4.04. The zero-order chi connectivity index (χ0) is 26.3. The molecule has 1 aromatic carbocycles. The zero-order valence-corrected chi connectivity index (χ0v) is 19.2. The van der Waals surface area contributed by atoms with Crippen LogP contribution in [0.4, 0.5) is 27.6 Å². The Morgan fingerprint density at radius 3 is 2.46 bits per heavy atom. The van der Waals surface area contributed by atoms with E-state index in [1.807, 2.05) is 0 Å². The van der Waals surface area contributed by atoms with E-state index < -0.39 is 65.0 Å². The van der Waals surface area contributed by atoms with Crippen LogP contribution in [0.3, 0.4) is 0 Å². The lowest BCUT2D eigenvalue weighted by Crippen LogP contribution is -2.47. The summed E-state index contributed by atoms with van der Waals surface area (Å²) in [5.41, 5.74) is 2.07. The number of benzene rings is 1.